The smallest absolute Gasteiger partial charge is 0.0709 e. The van der Waals surface area contributed by atoms with E-state index in [4.69, 9.17) is 0 Å². The van der Waals surface area contributed by atoms with Crippen molar-refractivity contribution in [3.05, 3.63) is 222 Å². The Morgan fingerprint density at radius 1 is 0.667 bits per heavy atom. The van der Waals surface area contributed by atoms with Crippen LogP contribution in [0.25, 0.3) is 5.57 Å². The second-order valence-corrected chi connectivity index (χ2v) is 20.9. The molecule has 0 radical (unpaired) electrons. The Morgan fingerprint density at radius 2 is 1.41 bits per heavy atom. The molecule has 0 amide bonds. The van der Waals surface area contributed by atoms with Crippen molar-refractivity contribution in [2.45, 2.75) is 83.0 Å². The van der Waals surface area contributed by atoms with Gasteiger partial charge in [0.25, 0.3) is 0 Å². The average molecular weight is 861 g/mol. The molecule has 9 atom stereocenters. The molecule has 4 heteroatoms. The SMILES string of the molecule is CC1=CC2(N(c3ccccc3)c3ccc4c(c3)C3=CCC(N(C5=CC=CC6CC56)c5cccc(C)c5)CC5CC35N4C3C=C(N(c4ccccc4)c4cccc(C)c4)C=CC3C)CC2C=C1. The standard InChI is InChI=1S/C62H60N4/c1-41-14-11-21-50(32-41)63(48-17-7-5-8-18-48)53-27-25-44(4)60(37-53)66-59-31-29-54(65(49-19-9-6-10-20-49)61-38-43(3)24-26-46(61)39-61)36-56(59)57-30-28-52(35-47-40-62(47,57)66)64(51-22-12-15-42(2)33-51)58-23-13-16-45-34-55(45)58/h5-27,29-33,36-38,44-47,52,55,60H,28,34-35,39-40H2,1-4H3. The number of anilines is 6. The van der Waals surface area contributed by atoms with Crippen LogP contribution in [0.2, 0.25) is 0 Å². The Kier molecular flexibility index (Phi) is 9.05. The number of aryl methyl sites for hydroxylation is 2. The van der Waals surface area contributed by atoms with Gasteiger partial charge in [0.1, 0.15) is 0 Å². The monoisotopic (exact) mass is 860 g/mol. The van der Waals surface area contributed by atoms with Crippen LogP contribution in [0, 0.1) is 43.4 Å². The molecular formula is C62H60N4. The van der Waals surface area contributed by atoms with Crippen molar-refractivity contribution in [2.24, 2.45) is 29.6 Å². The number of allylic oxidation sites excluding steroid dienone is 7. The van der Waals surface area contributed by atoms with E-state index in [2.05, 4.69) is 235 Å². The van der Waals surface area contributed by atoms with Gasteiger partial charge in [0.05, 0.1) is 17.1 Å². The molecule has 5 aromatic carbocycles. The molecule has 0 aromatic heterocycles. The van der Waals surface area contributed by atoms with E-state index in [1.165, 1.54) is 80.6 Å². The molecule has 0 bridgehead atoms. The predicted octanol–water partition coefficient (Wildman–Crippen LogP) is 14.7. The second kappa shape index (κ2) is 15.0. The Balaban J connectivity index is 0.967. The van der Waals surface area contributed by atoms with Gasteiger partial charge in [0.15, 0.2) is 0 Å². The largest absolute Gasteiger partial charge is 0.354 e. The predicted molar refractivity (Wildman–Crippen MR) is 275 cm³/mol. The highest BCUT2D eigenvalue weighted by atomic mass is 15.3. The molecule has 8 aliphatic rings. The number of para-hydroxylation sites is 2. The lowest BCUT2D eigenvalue weighted by molar-refractivity contribution is 0.485. The van der Waals surface area contributed by atoms with Crippen LogP contribution in [0.5, 0.6) is 0 Å². The number of hydrogen-bond donors (Lipinski definition) is 0. The lowest BCUT2D eigenvalue weighted by Crippen LogP contribution is -2.47. The molecule has 1 heterocycles. The molecule has 13 rings (SSSR count). The van der Waals surface area contributed by atoms with E-state index in [0.717, 1.165) is 19.3 Å². The summed E-state index contributed by atoms with van der Waals surface area (Å²) in [5.74, 6) is 2.65. The van der Waals surface area contributed by atoms with Gasteiger partial charge in [-0.25, -0.2) is 0 Å². The summed E-state index contributed by atoms with van der Waals surface area (Å²) < 4.78 is 0. The first-order chi connectivity index (χ1) is 32.3. The zero-order valence-corrected chi connectivity index (χ0v) is 38.8. The van der Waals surface area contributed by atoms with Crippen LogP contribution >= 0.6 is 0 Å². The van der Waals surface area contributed by atoms with Crippen molar-refractivity contribution in [1.29, 1.82) is 0 Å². The molecule has 4 nitrogen and oxygen atoms in total. The van der Waals surface area contributed by atoms with Crippen molar-refractivity contribution < 1.29 is 0 Å². The highest BCUT2D eigenvalue weighted by molar-refractivity contribution is 5.97. The van der Waals surface area contributed by atoms with Gasteiger partial charge in [-0.3, -0.25) is 0 Å². The highest BCUT2D eigenvalue weighted by Crippen LogP contribution is 2.69. The maximum Gasteiger partial charge on any atom is 0.0709 e. The molecule has 0 saturated heterocycles. The third kappa shape index (κ3) is 6.31. The van der Waals surface area contributed by atoms with Gasteiger partial charge in [0, 0.05) is 69.0 Å². The second-order valence-electron chi connectivity index (χ2n) is 20.9. The minimum absolute atomic E-state index is 0.0520. The van der Waals surface area contributed by atoms with E-state index in [1.807, 2.05) is 0 Å². The lowest BCUT2D eigenvalue weighted by Gasteiger charge is -2.41. The molecule has 0 N–H and O–H groups in total. The summed E-state index contributed by atoms with van der Waals surface area (Å²) in [5, 5.41) is 0. The number of rotatable bonds is 10. The van der Waals surface area contributed by atoms with Crippen LogP contribution in [0.15, 0.2) is 205 Å². The van der Waals surface area contributed by atoms with Crippen molar-refractivity contribution >= 4 is 39.7 Å². The third-order valence-corrected chi connectivity index (χ3v) is 16.5. The van der Waals surface area contributed by atoms with Gasteiger partial charge in [-0.05, 0) is 172 Å². The third-order valence-electron chi connectivity index (χ3n) is 16.5. The van der Waals surface area contributed by atoms with Crippen molar-refractivity contribution in [3.63, 3.8) is 0 Å². The summed E-state index contributed by atoms with van der Waals surface area (Å²) >= 11 is 0. The van der Waals surface area contributed by atoms with E-state index in [-0.39, 0.29) is 17.1 Å². The Bertz CT molecular complexity index is 2990. The van der Waals surface area contributed by atoms with E-state index in [1.54, 1.807) is 5.57 Å². The normalized spacial score (nSPS) is 30.2. The molecule has 66 heavy (non-hydrogen) atoms. The first-order valence-electron chi connectivity index (χ1n) is 24.7. The van der Waals surface area contributed by atoms with Crippen LogP contribution < -0.4 is 19.6 Å². The van der Waals surface area contributed by atoms with Gasteiger partial charge in [-0.1, -0.05) is 116 Å². The number of hydrogen-bond acceptors (Lipinski definition) is 4. The topological polar surface area (TPSA) is 13.0 Å². The molecule has 9 unspecified atom stereocenters. The van der Waals surface area contributed by atoms with Gasteiger partial charge >= 0.3 is 0 Å². The summed E-state index contributed by atoms with van der Waals surface area (Å²) in [6, 6.07) is 48.6. The van der Waals surface area contributed by atoms with Crippen LogP contribution in [0.4, 0.5) is 34.1 Å². The van der Waals surface area contributed by atoms with E-state index in [9.17, 15) is 0 Å². The Labute approximate surface area is 392 Å². The minimum Gasteiger partial charge on any atom is -0.354 e. The molecular weight excluding hydrogens is 801 g/mol. The Morgan fingerprint density at radius 3 is 2.20 bits per heavy atom. The summed E-state index contributed by atoms with van der Waals surface area (Å²) in [6.45, 7) is 9.16. The minimum atomic E-state index is -0.0778. The van der Waals surface area contributed by atoms with Crippen molar-refractivity contribution in [1.82, 2.24) is 0 Å². The molecule has 328 valence electrons. The number of benzene rings is 5. The quantitative estimate of drug-likeness (QED) is 0.139. The van der Waals surface area contributed by atoms with Gasteiger partial charge in [-0.2, -0.15) is 0 Å². The maximum absolute atomic E-state index is 2.94. The highest BCUT2D eigenvalue weighted by Gasteiger charge is 2.67. The molecule has 1 aliphatic heterocycles. The van der Waals surface area contributed by atoms with Crippen molar-refractivity contribution in [3.8, 4) is 0 Å². The summed E-state index contributed by atoms with van der Waals surface area (Å²) in [4.78, 5) is 10.9. The number of nitrogens with zero attached hydrogens (tertiary/aromatic N) is 4. The average Bonchev–Trinajstić information content (AvgIpc) is 4.26. The molecule has 3 saturated carbocycles. The molecule has 5 aromatic rings. The molecule has 1 spiro atoms. The van der Waals surface area contributed by atoms with Crippen LogP contribution in [0.1, 0.15) is 62.6 Å². The van der Waals surface area contributed by atoms with E-state index < -0.39 is 0 Å². The van der Waals surface area contributed by atoms with Crippen LogP contribution in [-0.4, -0.2) is 23.2 Å². The van der Waals surface area contributed by atoms with Gasteiger partial charge < -0.3 is 19.6 Å². The summed E-state index contributed by atoms with van der Waals surface area (Å²) in [7, 11) is 0. The fourth-order valence-corrected chi connectivity index (χ4v) is 13.2. The van der Waals surface area contributed by atoms with E-state index >= 15 is 0 Å². The zero-order valence-electron chi connectivity index (χ0n) is 38.8. The summed E-state index contributed by atoms with van der Waals surface area (Å²) in [6.07, 6.45) is 30.5. The van der Waals surface area contributed by atoms with Crippen LogP contribution in [-0.2, 0) is 0 Å². The Hall–Kier alpha value is -6.52. The van der Waals surface area contributed by atoms with E-state index in [0.29, 0.717) is 35.6 Å². The fourth-order valence-electron chi connectivity index (χ4n) is 13.2. The zero-order chi connectivity index (χ0) is 44.3. The van der Waals surface area contributed by atoms with Crippen molar-refractivity contribution in [2.75, 3.05) is 19.6 Å². The summed E-state index contributed by atoms with van der Waals surface area (Å²) in [5.41, 5.74) is 17.2. The molecule has 3 fully saturated rings. The number of fused-ring (bicyclic) bond motifs is 4. The lowest BCUT2D eigenvalue weighted by atomic mass is 9.90. The first kappa shape index (κ1) is 39.8. The van der Waals surface area contributed by atoms with Gasteiger partial charge in [0.2, 0.25) is 0 Å². The van der Waals surface area contributed by atoms with Crippen LogP contribution in [0.3, 0.4) is 0 Å². The first-order valence-corrected chi connectivity index (χ1v) is 24.7. The maximum atomic E-state index is 2.94. The fraction of sp³-hybridized carbons (Fsp3) is 0.290. The molecule has 7 aliphatic carbocycles. The van der Waals surface area contributed by atoms with Gasteiger partial charge in [-0.15, -0.1) is 0 Å².